The Bertz CT molecular complexity index is 475. The molecule has 6 nitrogen and oxygen atoms in total. The van der Waals surface area contributed by atoms with E-state index in [2.05, 4.69) is 10.3 Å². The summed E-state index contributed by atoms with van der Waals surface area (Å²) in [5, 5.41) is 11.7. The number of carboxylic acids is 1. The Balaban J connectivity index is 2.16. The zero-order valence-corrected chi connectivity index (χ0v) is 10.1. The van der Waals surface area contributed by atoms with Crippen LogP contribution in [0.3, 0.4) is 0 Å². The van der Waals surface area contributed by atoms with Crippen molar-refractivity contribution in [3.05, 3.63) is 29.6 Å². The molecule has 1 aromatic rings. The normalized spacial score (nSPS) is 20.5. The highest BCUT2D eigenvalue weighted by Crippen LogP contribution is 2.12. The van der Waals surface area contributed by atoms with Crippen molar-refractivity contribution >= 4 is 11.9 Å². The fourth-order valence-electron chi connectivity index (χ4n) is 1.98. The van der Waals surface area contributed by atoms with E-state index in [1.807, 2.05) is 19.1 Å². The minimum atomic E-state index is -0.927. The van der Waals surface area contributed by atoms with Crippen LogP contribution < -0.4 is 5.32 Å². The Morgan fingerprint density at radius 1 is 1.67 bits per heavy atom. The molecule has 2 rings (SSSR count). The van der Waals surface area contributed by atoms with Crippen molar-refractivity contribution in [1.82, 2.24) is 15.2 Å². The van der Waals surface area contributed by atoms with Gasteiger partial charge in [0.1, 0.15) is 6.04 Å². The van der Waals surface area contributed by atoms with E-state index in [0.29, 0.717) is 6.54 Å². The third-order valence-electron chi connectivity index (χ3n) is 3.04. The summed E-state index contributed by atoms with van der Waals surface area (Å²) in [4.78, 5) is 28.3. The van der Waals surface area contributed by atoms with Gasteiger partial charge in [0, 0.05) is 19.3 Å². The van der Waals surface area contributed by atoms with Gasteiger partial charge in [-0.15, -0.1) is 0 Å². The average Bonchev–Trinajstić information content (AvgIpc) is 2.32. The summed E-state index contributed by atoms with van der Waals surface area (Å²) in [5.41, 5.74) is 1.80. The van der Waals surface area contributed by atoms with Gasteiger partial charge in [-0.3, -0.25) is 19.5 Å². The van der Waals surface area contributed by atoms with Crippen molar-refractivity contribution in [2.45, 2.75) is 19.5 Å². The molecule has 0 aliphatic carbocycles. The molecule has 0 spiro atoms. The Morgan fingerprint density at radius 2 is 2.44 bits per heavy atom. The van der Waals surface area contributed by atoms with E-state index >= 15 is 0 Å². The van der Waals surface area contributed by atoms with Crippen LogP contribution in [0.1, 0.15) is 11.3 Å². The molecular weight excluding hydrogens is 234 g/mol. The molecule has 1 aromatic heterocycles. The molecule has 18 heavy (non-hydrogen) atoms. The molecule has 6 heteroatoms. The molecule has 2 heterocycles. The van der Waals surface area contributed by atoms with Crippen LogP contribution in [-0.2, 0) is 16.1 Å². The van der Waals surface area contributed by atoms with E-state index in [-0.39, 0.29) is 19.0 Å². The van der Waals surface area contributed by atoms with Crippen molar-refractivity contribution in [1.29, 1.82) is 0 Å². The summed E-state index contributed by atoms with van der Waals surface area (Å²) in [5.74, 6) is -1.08. The molecular formula is C12H15N3O3. The molecule has 1 aliphatic heterocycles. The van der Waals surface area contributed by atoms with E-state index in [4.69, 9.17) is 5.11 Å². The van der Waals surface area contributed by atoms with Gasteiger partial charge in [0.15, 0.2) is 0 Å². The Kier molecular flexibility index (Phi) is 3.57. The van der Waals surface area contributed by atoms with Crippen LogP contribution in [0.25, 0.3) is 0 Å². The fourth-order valence-corrected chi connectivity index (χ4v) is 1.98. The van der Waals surface area contributed by atoms with Crippen LogP contribution in [-0.4, -0.2) is 46.0 Å². The van der Waals surface area contributed by atoms with Gasteiger partial charge < -0.3 is 10.4 Å². The van der Waals surface area contributed by atoms with Gasteiger partial charge in [-0.25, -0.2) is 0 Å². The van der Waals surface area contributed by atoms with Gasteiger partial charge in [0.25, 0.3) is 0 Å². The van der Waals surface area contributed by atoms with E-state index in [1.54, 1.807) is 11.1 Å². The van der Waals surface area contributed by atoms with Gasteiger partial charge in [-0.05, 0) is 18.6 Å². The lowest BCUT2D eigenvalue weighted by molar-refractivity contribution is -0.146. The number of carbonyl (C=O) groups excluding carboxylic acids is 1. The van der Waals surface area contributed by atoms with E-state index < -0.39 is 12.0 Å². The predicted molar refractivity (Wildman–Crippen MR) is 63.8 cm³/mol. The second kappa shape index (κ2) is 5.14. The molecule has 1 aliphatic rings. The number of nitrogens with zero attached hydrogens (tertiary/aromatic N) is 2. The van der Waals surface area contributed by atoms with Crippen molar-refractivity contribution in [2.75, 3.05) is 13.1 Å². The first-order chi connectivity index (χ1) is 8.58. The van der Waals surface area contributed by atoms with Crippen molar-refractivity contribution in [3.8, 4) is 0 Å². The maximum Gasteiger partial charge on any atom is 0.322 e. The smallest absolute Gasteiger partial charge is 0.322 e. The molecule has 0 radical (unpaired) electrons. The highest BCUT2D eigenvalue weighted by Gasteiger charge is 2.32. The lowest BCUT2D eigenvalue weighted by Gasteiger charge is -2.32. The SMILES string of the molecule is Cc1cccnc1CN1CC(=O)NCC1C(=O)O. The maximum atomic E-state index is 11.4. The molecule has 1 amide bonds. The number of amides is 1. The van der Waals surface area contributed by atoms with Crippen LogP contribution in [0.4, 0.5) is 0 Å². The maximum absolute atomic E-state index is 11.4. The Labute approximate surface area is 105 Å². The average molecular weight is 249 g/mol. The molecule has 0 aromatic carbocycles. The highest BCUT2D eigenvalue weighted by molar-refractivity contribution is 5.83. The van der Waals surface area contributed by atoms with Crippen LogP contribution in [0.2, 0.25) is 0 Å². The summed E-state index contributed by atoms with van der Waals surface area (Å²) in [7, 11) is 0. The second-order valence-electron chi connectivity index (χ2n) is 4.33. The number of nitrogens with one attached hydrogen (secondary N) is 1. The second-order valence-corrected chi connectivity index (χ2v) is 4.33. The van der Waals surface area contributed by atoms with Crippen molar-refractivity contribution in [3.63, 3.8) is 0 Å². The zero-order chi connectivity index (χ0) is 13.1. The van der Waals surface area contributed by atoms with Gasteiger partial charge >= 0.3 is 5.97 Å². The van der Waals surface area contributed by atoms with E-state index in [1.165, 1.54) is 0 Å². The van der Waals surface area contributed by atoms with Crippen LogP contribution in [0.5, 0.6) is 0 Å². The van der Waals surface area contributed by atoms with Crippen LogP contribution in [0.15, 0.2) is 18.3 Å². The number of piperazine rings is 1. The van der Waals surface area contributed by atoms with Crippen LogP contribution >= 0.6 is 0 Å². The largest absolute Gasteiger partial charge is 0.480 e. The molecule has 0 saturated carbocycles. The summed E-state index contributed by atoms with van der Waals surface area (Å²) >= 11 is 0. The number of pyridine rings is 1. The third kappa shape index (κ3) is 2.65. The fraction of sp³-hybridized carbons (Fsp3) is 0.417. The molecule has 1 atom stereocenters. The van der Waals surface area contributed by atoms with Gasteiger partial charge in [0.2, 0.25) is 5.91 Å². The number of hydrogen-bond acceptors (Lipinski definition) is 4. The monoisotopic (exact) mass is 249 g/mol. The summed E-state index contributed by atoms with van der Waals surface area (Å²) in [6.07, 6.45) is 1.67. The summed E-state index contributed by atoms with van der Waals surface area (Å²) in [6.45, 7) is 2.52. The van der Waals surface area contributed by atoms with Crippen molar-refractivity contribution < 1.29 is 14.7 Å². The van der Waals surface area contributed by atoms with Gasteiger partial charge in [-0.2, -0.15) is 0 Å². The summed E-state index contributed by atoms with van der Waals surface area (Å²) in [6, 6.07) is 3.06. The topological polar surface area (TPSA) is 82.5 Å². The van der Waals surface area contributed by atoms with Gasteiger partial charge in [0.05, 0.1) is 12.2 Å². The van der Waals surface area contributed by atoms with Crippen LogP contribution in [0, 0.1) is 6.92 Å². The third-order valence-corrected chi connectivity index (χ3v) is 3.04. The first kappa shape index (κ1) is 12.5. The summed E-state index contributed by atoms with van der Waals surface area (Å²) < 4.78 is 0. The minimum absolute atomic E-state index is 0.0903. The number of aromatic nitrogens is 1. The Morgan fingerprint density at radius 3 is 3.11 bits per heavy atom. The molecule has 96 valence electrons. The predicted octanol–water partition coefficient (Wildman–Crippen LogP) is -0.225. The first-order valence-electron chi connectivity index (χ1n) is 5.72. The Hall–Kier alpha value is -1.95. The number of aryl methyl sites for hydroxylation is 1. The number of aliphatic carboxylic acids is 1. The molecule has 2 N–H and O–H groups in total. The minimum Gasteiger partial charge on any atom is -0.480 e. The van der Waals surface area contributed by atoms with E-state index in [0.717, 1.165) is 11.3 Å². The van der Waals surface area contributed by atoms with E-state index in [9.17, 15) is 9.59 Å². The molecule has 0 bridgehead atoms. The standard InChI is InChI=1S/C12H15N3O3/c1-8-3-2-4-13-9(8)6-15-7-11(16)14-5-10(15)12(17)18/h2-4,10H,5-7H2,1H3,(H,14,16)(H,17,18). The van der Waals surface area contributed by atoms with Gasteiger partial charge in [-0.1, -0.05) is 6.07 Å². The van der Waals surface area contributed by atoms with Crippen molar-refractivity contribution in [2.24, 2.45) is 0 Å². The zero-order valence-electron chi connectivity index (χ0n) is 10.1. The number of carboxylic acid groups (broad SMARTS) is 1. The molecule has 1 unspecified atom stereocenters. The lowest BCUT2D eigenvalue weighted by atomic mass is 10.1. The highest BCUT2D eigenvalue weighted by atomic mass is 16.4. The molecule has 1 saturated heterocycles. The lowest BCUT2D eigenvalue weighted by Crippen LogP contribution is -2.57. The first-order valence-corrected chi connectivity index (χ1v) is 5.72. The molecule has 1 fully saturated rings. The number of hydrogen-bond donors (Lipinski definition) is 2. The quantitative estimate of drug-likeness (QED) is 0.773. The number of carbonyl (C=O) groups is 2. The number of rotatable bonds is 3.